The molecule has 2 N–H and O–H groups in total. The molecule has 0 aliphatic rings. The van der Waals surface area contributed by atoms with Crippen molar-refractivity contribution in [2.45, 2.75) is 40.0 Å². The zero-order chi connectivity index (χ0) is 15.2. The molecular formula is C16H23N3O2. The summed E-state index contributed by atoms with van der Waals surface area (Å²) in [6, 6.07) is 4.07. The number of aromatic nitrogens is 2. The van der Waals surface area contributed by atoms with E-state index in [-0.39, 0.29) is 0 Å². The van der Waals surface area contributed by atoms with Crippen LogP contribution in [0.15, 0.2) is 16.7 Å². The number of hydrogen-bond acceptors (Lipinski definition) is 5. The molecule has 0 saturated carbocycles. The molecule has 0 saturated heterocycles. The second-order valence-electron chi connectivity index (χ2n) is 5.19. The Morgan fingerprint density at radius 3 is 2.57 bits per heavy atom. The first kappa shape index (κ1) is 15.5. The molecule has 5 nitrogen and oxygen atoms in total. The standard InChI is InChI=1S/C16H23N3O2/c1-4-5-8-20-15-11(2)9-13(10-12(15)3)16-18-14(6-7-17)21-19-16/h9-10H,4-8,17H2,1-3H3. The van der Waals surface area contributed by atoms with Gasteiger partial charge in [-0.15, -0.1) is 0 Å². The number of benzene rings is 1. The van der Waals surface area contributed by atoms with Gasteiger partial charge in [0.25, 0.3) is 0 Å². The molecule has 2 rings (SSSR count). The fourth-order valence-electron chi connectivity index (χ4n) is 2.22. The van der Waals surface area contributed by atoms with Crippen molar-refractivity contribution in [3.63, 3.8) is 0 Å². The quantitative estimate of drug-likeness (QED) is 0.793. The second kappa shape index (κ2) is 7.22. The van der Waals surface area contributed by atoms with Gasteiger partial charge in [-0.3, -0.25) is 0 Å². The summed E-state index contributed by atoms with van der Waals surface area (Å²) in [7, 11) is 0. The van der Waals surface area contributed by atoms with E-state index in [1.165, 1.54) is 0 Å². The van der Waals surface area contributed by atoms with Gasteiger partial charge in [-0.1, -0.05) is 18.5 Å². The van der Waals surface area contributed by atoms with E-state index in [0.29, 0.717) is 24.7 Å². The Bertz CT molecular complexity index is 570. The van der Waals surface area contributed by atoms with Crippen LogP contribution in [0.2, 0.25) is 0 Å². The summed E-state index contributed by atoms with van der Waals surface area (Å²) in [5, 5.41) is 4.01. The maximum absolute atomic E-state index is 5.86. The fourth-order valence-corrected chi connectivity index (χ4v) is 2.22. The number of nitrogens with two attached hydrogens (primary N) is 1. The maximum atomic E-state index is 5.86. The van der Waals surface area contributed by atoms with Gasteiger partial charge in [0, 0.05) is 18.5 Å². The van der Waals surface area contributed by atoms with E-state index in [1.807, 2.05) is 26.0 Å². The average Bonchev–Trinajstić information content (AvgIpc) is 2.91. The lowest BCUT2D eigenvalue weighted by Crippen LogP contribution is -2.02. The summed E-state index contributed by atoms with van der Waals surface area (Å²) < 4.78 is 11.0. The van der Waals surface area contributed by atoms with Crippen molar-refractivity contribution in [1.82, 2.24) is 10.1 Å². The van der Waals surface area contributed by atoms with Crippen LogP contribution in [0, 0.1) is 13.8 Å². The highest BCUT2D eigenvalue weighted by atomic mass is 16.5. The molecule has 0 spiro atoms. The Hall–Kier alpha value is -1.88. The molecule has 1 aromatic heterocycles. The third kappa shape index (κ3) is 3.82. The molecule has 0 atom stereocenters. The van der Waals surface area contributed by atoms with Crippen molar-refractivity contribution >= 4 is 0 Å². The van der Waals surface area contributed by atoms with Crippen molar-refractivity contribution in [3.05, 3.63) is 29.2 Å². The molecule has 0 radical (unpaired) electrons. The molecule has 2 aromatic rings. The van der Waals surface area contributed by atoms with Gasteiger partial charge in [-0.05, 0) is 43.5 Å². The minimum Gasteiger partial charge on any atom is -0.493 e. The number of nitrogens with zero attached hydrogens (tertiary/aromatic N) is 2. The van der Waals surface area contributed by atoms with Crippen molar-refractivity contribution in [3.8, 4) is 17.1 Å². The van der Waals surface area contributed by atoms with Gasteiger partial charge in [0.1, 0.15) is 5.75 Å². The third-order valence-electron chi connectivity index (χ3n) is 3.29. The Balaban J connectivity index is 2.21. The Labute approximate surface area is 125 Å². The SMILES string of the molecule is CCCCOc1c(C)cc(-c2noc(CCN)n2)cc1C. The summed E-state index contributed by atoms with van der Waals surface area (Å²) in [6.45, 7) is 7.49. The Morgan fingerprint density at radius 1 is 1.24 bits per heavy atom. The van der Waals surface area contributed by atoms with Crippen LogP contribution in [-0.4, -0.2) is 23.3 Å². The number of rotatable bonds is 7. The van der Waals surface area contributed by atoms with Crippen molar-refractivity contribution in [2.24, 2.45) is 5.73 Å². The molecule has 1 aromatic carbocycles. The van der Waals surface area contributed by atoms with Gasteiger partial charge in [0.15, 0.2) is 0 Å². The minimum absolute atomic E-state index is 0.504. The van der Waals surface area contributed by atoms with Gasteiger partial charge >= 0.3 is 0 Å². The Kier molecular flexibility index (Phi) is 5.33. The van der Waals surface area contributed by atoms with Crippen molar-refractivity contribution in [1.29, 1.82) is 0 Å². The summed E-state index contributed by atoms with van der Waals surface area (Å²) in [5.41, 5.74) is 8.61. The first-order chi connectivity index (χ1) is 10.2. The molecule has 0 aliphatic heterocycles. The molecule has 0 bridgehead atoms. The lowest BCUT2D eigenvalue weighted by molar-refractivity contribution is 0.305. The molecule has 0 unspecified atom stereocenters. The fraction of sp³-hybridized carbons (Fsp3) is 0.500. The lowest BCUT2D eigenvalue weighted by atomic mass is 10.1. The smallest absolute Gasteiger partial charge is 0.228 e. The predicted molar refractivity (Wildman–Crippen MR) is 82.4 cm³/mol. The van der Waals surface area contributed by atoms with Gasteiger partial charge in [-0.2, -0.15) is 4.98 Å². The molecule has 0 aliphatic carbocycles. The van der Waals surface area contributed by atoms with Crippen molar-refractivity contribution < 1.29 is 9.26 Å². The van der Waals surface area contributed by atoms with Crippen LogP contribution in [0.1, 0.15) is 36.8 Å². The van der Waals surface area contributed by atoms with Crippen LogP contribution >= 0.6 is 0 Å². The van der Waals surface area contributed by atoms with Gasteiger partial charge in [0.05, 0.1) is 6.61 Å². The zero-order valence-corrected chi connectivity index (χ0v) is 13.0. The van der Waals surface area contributed by atoms with E-state index in [4.69, 9.17) is 15.0 Å². The topological polar surface area (TPSA) is 74.2 Å². The van der Waals surface area contributed by atoms with E-state index < -0.39 is 0 Å². The monoisotopic (exact) mass is 289 g/mol. The summed E-state index contributed by atoms with van der Waals surface area (Å²) >= 11 is 0. The van der Waals surface area contributed by atoms with Crippen LogP contribution in [0.5, 0.6) is 5.75 Å². The second-order valence-corrected chi connectivity index (χ2v) is 5.19. The summed E-state index contributed by atoms with van der Waals surface area (Å²) in [6.07, 6.45) is 2.79. The Morgan fingerprint density at radius 2 is 1.95 bits per heavy atom. The van der Waals surface area contributed by atoms with Gasteiger partial charge in [0.2, 0.25) is 11.7 Å². The highest BCUT2D eigenvalue weighted by Crippen LogP contribution is 2.29. The predicted octanol–water partition coefficient (Wildman–Crippen LogP) is 3.03. The summed E-state index contributed by atoms with van der Waals surface area (Å²) in [4.78, 5) is 4.36. The highest BCUT2D eigenvalue weighted by Gasteiger charge is 2.12. The van der Waals surface area contributed by atoms with Crippen LogP contribution in [0.4, 0.5) is 0 Å². The largest absolute Gasteiger partial charge is 0.493 e. The number of aryl methyl sites for hydroxylation is 2. The number of ether oxygens (including phenoxy) is 1. The molecule has 5 heteroatoms. The molecule has 0 fully saturated rings. The molecule has 1 heterocycles. The van der Waals surface area contributed by atoms with Crippen LogP contribution in [-0.2, 0) is 6.42 Å². The van der Waals surface area contributed by atoms with Gasteiger partial charge < -0.3 is 15.0 Å². The normalized spacial score (nSPS) is 10.9. The summed E-state index contributed by atoms with van der Waals surface area (Å²) in [5.74, 6) is 2.13. The van der Waals surface area contributed by atoms with E-state index in [1.54, 1.807) is 0 Å². The molecule has 21 heavy (non-hydrogen) atoms. The van der Waals surface area contributed by atoms with Crippen molar-refractivity contribution in [2.75, 3.05) is 13.2 Å². The van der Waals surface area contributed by atoms with E-state index in [9.17, 15) is 0 Å². The maximum Gasteiger partial charge on any atom is 0.228 e. The average molecular weight is 289 g/mol. The molecule has 114 valence electrons. The third-order valence-corrected chi connectivity index (χ3v) is 3.29. The first-order valence-electron chi connectivity index (χ1n) is 7.42. The first-order valence-corrected chi connectivity index (χ1v) is 7.42. The minimum atomic E-state index is 0.504. The van der Waals surface area contributed by atoms with Crippen LogP contribution < -0.4 is 10.5 Å². The number of unbranched alkanes of at least 4 members (excludes halogenated alkanes) is 1. The highest BCUT2D eigenvalue weighted by molar-refractivity contribution is 5.60. The van der Waals surface area contributed by atoms with Crippen LogP contribution in [0.3, 0.4) is 0 Å². The number of hydrogen-bond donors (Lipinski definition) is 1. The van der Waals surface area contributed by atoms with Crippen LogP contribution in [0.25, 0.3) is 11.4 Å². The lowest BCUT2D eigenvalue weighted by Gasteiger charge is -2.12. The molecule has 0 amide bonds. The van der Waals surface area contributed by atoms with E-state index >= 15 is 0 Å². The van der Waals surface area contributed by atoms with Gasteiger partial charge in [-0.25, -0.2) is 0 Å². The molecular weight excluding hydrogens is 266 g/mol. The zero-order valence-electron chi connectivity index (χ0n) is 13.0. The van der Waals surface area contributed by atoms with E-state index in [2.05, 4.69) is 17.1 Å². The van der Waals surface area contributed by atoms with E-state index in [0.717, 1.165) is 41.9 Å².